The van der Waals surface area contributed by atoms with Gasteiger partial charge in [0, 0.05) is 23.2 Å². The molecule has 2 aromatic carbocycles. The first-order valence-corrected chi connectivity index (χ1v) is 11.4. The van der Waals surface area contributed by atoms with Gasteiger partial charge in [0.05, 0.1) is 15.9 Å². The van der Waals surface area contributed by atoms with E-state index in [1.54, 1.807) is 0 Å². The van der Waals surface area contributed by atoms with Gasteiger partial charge in [0.2, 0.25) is 0 Å². The fourth-order valence-electron chi connectivity index (χ4n) is 4.03. The van der Waals surface area contributed by atoms with E-state index in [0.717, 1.165) is 39.5 Å². The summed E-state index contributed by atoms with van der Waals surface area (Å²) in [6.45, 7) is 2.58. The summed E-state index contributed by atoms with van der Waals surface area (Å²) in [5.41, 5.74) is 3.15. The summed E-state index contributed by atoms with van der Waals surface area (Å²) in [6.07, 6.45) is 1.75. The maximum Gasteiger partial charge on any atom is 0.274 e. The Bertz CT molecular complexity index is 1230. The zero-order valence-electron chi connectivity index (χ0n) is 16.9. The van der Waals surface area contributed by atoms with Crippen molar-refractivity contribution in [3.8, 4) is 21.7 Å². The number of thiazole rings is 1. The average Bonchev–Trinajstić information content (AvgIpc) is 3.53. The predicted molar refractivity (Wildman–Crippen MR) is 122 cm³/mol. The second kappa shape index (κ2) is 8.29. The average molecular weight is 450 g/mol. The molecule has 5 rings (SSSR count). The Balaban J connectivity index is 1.46. The number of carbonyl (C=O) groups is 1. The number of hydrogen-bond donors (Lipinski definition) is 0. The van der Waals surface area contributed by atoms with Crippen LogP contribution in [0.4, 0.5) is 0 Å². The van der Waals surface area contributed by atoms with Crippen molar-refractivity contribution in [1.82, 2.24) is 15.0 Å². The van der Waals surface area contributed by atoms with Crippen LogP contribution in [-0.4, -0.2) is 27.5 Å². The maximum absolute atomic E-state index is 13.6. The Hall–Kier alpha value is -2.96. The van der Waals surface area contributed by atoms with Crippen molar-refractivity contribution >= 4 is 28.8 Å². The van der Waals surface area contributed by atoms with Gasteiger partial charge in [-0.1, -0.05) is 59.2 Å². The Kier molecular flexibility index (Phi) is 5.34. The molecule has 1 aliphatic rings. The van der Waals surface area contributed by atoms with Gasteiger partial charge in [-0.3, -0.25) is 4.79 Å². The molecule has 1 amide bonds. The van der Waals surface area contributed by atoms with Crippen molar-refractivity contribution in [3.63, 3.8) is 0 Å². The highest BCUT2D eigenvalue weighted by molar-refractivity contribution is 7.15. The molecule has 0 radical (unpaired) electrons. The van der Waals surface area contributed by atoms with Crippen LogP contribution in [0.25, 0.3) is 21.7 Å². The molecule has 5 nitrogen and oxygen atoms in total. The number of hydrogen-bond acceptors (Lipinski definition) is 5. The van der Waals surface area contributed by atoms with Crippen molar-refractivity contribution < 1.29 is 9.32 Å². The van der Waals surface area contributed by atoms with Gasteiger partial charge >= 0.3 is 0 Å². The molecule has 1 unspecified atom stereocenters. The number of aromatic nitrogens is 2. The lowest BCUT2D eigenvalue weighted by Gasteiger charge is -2.22. The molecule has 1 saturated heterocycles. The van der Waals surface area contributed by atoms with E-state index < -0.39 is 0 Å². The van der Waals surface area contributed by atoms with Crippen LogP contribution in [0.5, 0.6) is 0 Å². The summed E-state index contributed by atoms with van der Waals surface area (Å²) in [5, 5.41) is 5.72. The van der Waals surface area contributed by atoms with Gasteiger partial charge in [0.25, 0.3) is 5.91 Å². The highest BCUT2D eigenvalue weighted by Gasteiger charge is 2.35. The molecular weight excluding hydrogens is 430 g/mol. The second-order valence-electron chi connectivity index (χ2n) is 7.56. The van der Waals surface area contributed by atoms with Gasteiger partial charge in [-0.15, -0.1) is 11.3 Å². The number of carbonyl (C=O) groups excluding carboxylic acids is 1. The van der Waals surface area contributed by atoms with Gasteiger partial charge in [-0.2, -0.15) is 0 Å². The van der Waals surface area contributed by atoms with Crippen LogP contribution >= 0.6 is 22.9 Å². The lowest BCUT2D eigenvalue weighted by Crippen LogP contribution is -2.31. The van der Waals surface area contributed by atoms with Crippen molar-refractivity contribution in [2.75, 3.05) is 6.54 Å². The zero-order valence-corrected chi connectivity index (χ0v) is 18.5. The van der Waals surface area contributed by atoms with Gasteiger partial charge in [-0.05, 0) is 37.5 Å². The van der Waals surface area contributed by atoms with Crippen LogP contribution in [0.3, 0.4) is 0 Å². The van der Waals surface area contributed by atoms with Crippen molar-refractivity contribution in [2.45, 2.75) is 25.8 Å². The summed E-state index contributed by atoms with van der Waals surface area (Å²) in [5.74, 6) is 0.625. The van der Waals surface area contributed by atoms with E-state index in [2.05, 4.69) is 10.1 Å². The lowest BCUT2D eigenvalue weighted by molar-refractivity contribution is 0.0710. The first-order chi connectivity index (χ1) is 15.1. The second-order valence-corrected chi connectivity index (χ2v) is 9.20. The maximum atomic E-state index is 13.6. The topological polar surface area (TPSA) is 59.2 Å². The summed E-state index contributed by atoms with van der Waals surface area (Å²) in [6, 6.07) is 19.2. The lowest BCUT2D eigenvalue weighted by atomic mass is 10.1. The van der Waals surface area contributed by atoms with Crippen molar-refractivity contribution in [1.29, 1.82) is 0 Å². The predicted octanol–water partition coefficient (Wildman–Crippen LogP) is 6.40. The molecule has 0 bridgehead atoms. The van der Waals surface area contributed by atoms with E-state index in [0.29, 0.717) is 23.0 Å². The molecule has 0 N–H and O–H groups in total. The van der Waals surface area contributed by atoms with E-state index in [1.165, 1.54) is 11.3 Å². The number of likely N-dealkylation sites (tertiary alicyclic amines) is 1. The third-order valence-electron chi connectivity index (χ3n) is 5.46. The monoisotopic (exact) mass is 449 g/mol. The van der Waals surface area contributed by atoms with E-state index in [9.17, 15) is 4.79 Å². The Morgan fingerprint density at radius 2 is 1.94 bits per heavy atom. The number of halogens is 1. The number of amides is 1. The van der Waals surface area contributed by atoms with Crippen LogP contribution in [0, 0.1) is 6.92 Å². The summed E-state index contributed by atoms with van der Waals surface area (Å²) in [7, 11) is 0. The number of rotatable bonds is 4. The molecule has 0 spiro atoms. The smallest absolute Gasteiger partial charge is 0.274 e. The summed E-state index contributed by atoms with van der Waals surface area (Å²) in [4.78, 5) is 20.9. The third-order valence-corrected chi connectivity index (χ3v) is 6.72. The molecule has 1 aliphatic heterocycles. The molecule has 4 aromatic rings. The van der Waals surface area contributed by atoms with Crippen LogP contribution in [-0.2, 0) is 0 Å². The fraction of sp³-hybridized carbons (Fsp3) is 0.208. The zero-order chi connectivity index (χ0) is 21.4. The van der Waals surface area contributed by atoms with Crippen LogP contribution < -0.4 is 0 Å². The quantitative estimate of drug-likeness (QED) is 0.361. The van der Waals surface area contributed by atoms with Gasteiger partial charge in [-0.25, -0.2) is 4.98 Å². The molecular formula is C24H20ClN3O2S. The molecule has 2 aromatic heterocycles. The minimum Gasteiger partial charge on any atom is -0.359 e. The minimum atomic E-state index is -0.147. The van der Waals surface area contributed by atoms with E-state index in [4.69, 9.17) is 16.1 Å². The Morgan fingerprint density at radius 1 is 1.13 bits per heavy atom. The van der Waals surface area contributed by atoms with Crippen LogP contribution in [0.2, 0.25) is 5.02 Å². The standard InChI is InChI=1S/C24H20ClN3O2S/c1-15-26-22(23(31-15)17-9-5-10-18(25)13-17)24(29)28-12-6-11-20(28)21-14-19(27-30-21)16-7-3-2-4-8-16/h2-5,7-10,13-14,20H,6,11-12H2,1H3. The van der Waals surface area contributed by atoms with Gasteiger partial charge in [0.15, 0.2) is 5.76 Å². The number of benzene rings is 2. The summed E-state index contributed by atoms with van der Waals surface area (Å²) >= 11 is 7.69. The van der Waals surface area contributed by atoms with E-state index >= 15 is 0 Å². The first-order valence-electron chi connectivity index (χ1n) is 10.2. The van der Waals surface area contributed by atoms with Crippen molar-refractivity contribution in [3.05, 3.63) is 82.1 Å². The highest BCUT2D eigenvalue weighted by atomic mass is 35.5. The molecule has 3 heterocycles. The largest absolute Gasteiger partial charge is 0.359 e. The van der Waals surface area contributed by atoms with E-state index in [1.807, 2.05) is 72.5 Å². The number of nitrogens with zero attached hydrogens (tertiary/aromatic N) is 3. The first kappa shape index (κ1) is 20.0. The van der Waals surface area contributed by atoms with Gasteiger partial charge in [0.1, 0.15) is 11.4 Å². The Morgan fingerprint density at radius 3 is 2.74 bits per heavy atom. The van der Waals surface area contributed by atoms with Crippen LogP contribution in [0.15, 0.2) is 65.2 Å². The van der Waals surface area contributed by atoms with Gasteiger partial charge < -0.3 is 9.42 Å². The Labute approximate surface area is 189 Å². The molecule has 1 fully saturated rings. The molecule has 7 heteroatoms. The minimum absolute atomic E-state index is 0.0838. The molecule has 0 aliphatic carbocycles. The SMILES string of the molecule is Cc1nc(C(=O)N2CCCC2c2cc(-c3ccccc3)no2)c(-c2cccc(Cl)c2)s1. The van der Waals surface area contributed by atoms with E-state index in [-0.39, 0.29) is 11.9 Å². The normalized spacial score (nSPS) is 16.1. The molecule has 156 valence electrons. The highest BCUT2D eigenvalue weighted by Crippen LogP contribution is 2.38. The molecule has 31 heavy (non-hydrogen) atoms. The molecule has 0 saturated carbocycles. The summed E-state index contributed by atoms with van der Waals surface area (Å²) < 4.78 is 5.68. The molecule has 1 atom stereocenters. The van der Waals surface area contributed by atoms with Crippen molar-refractivity contribution in [2.24, 2.45) is 0 Å². The van der Waals surface area contributed by atoms with Crippen LogP contribution in [0.1, 0.15) is 40.1 Å². The third kappa shape index (κ3) is 3.89. The fourth-order valence-corrected chi connectivity index (χ4v) is 5.13. The number of aryl methyl sites for hydroxylation is 1.